The van der Waals surface area contributed by atoms with Gasteiger partial charge in [-0.2, -0.15) is 0 Å². The van der Waals surface area contributed by atoms with Crippen molar-refractivity contribution in [3.63, 3.8) is 0 Å². The zero-order chi connectivity index (χ0) is 47.6. The van der Waals surface area contributed by atoms with Gasteiger partial charge >= 0.3 is 0 Å². The Kier molecular flexibility index (Phi) is 9.52. The lowest BCUT2D eigenvalue weighted by atomic mass is 9.44. The monoisotopic (exact) mass is 927 g/mol. The van der Waals surface area contributed by atoms with Crippen LogP contribution in [0.3, 0.4) is 0 Å². The lowest BCUT2D eigenvalue weighted by molar-refractivity contribution is 0.0571. The fourth-order valence-electron chi connectivity index (χ4n) is 17.2. The molecule has 0 N–H and O–H groups in total. The van der Waals surface area contributed by atoms with Crippen molar-refractivity contribution in [3.8, 4) is 50.2 Å². The van der Waals surface area contributed by atoms with Gasteiger partial charge < -0.3 is 4.57 Å². The van der Waals surface area contributed by atoms with Crippen molar-refractivity contribution in [1.29, 1.82) is 0 Å². The minimum atomic E-state index is -0.177. The average molecular weight is 928 g/mol. The van der Waals surface area contributed by atoms with E-state index in [2.05, 4.69) is 224 Å². The maximum atomic E-state index is 2.73. The summed E-state index contributed by atoms with van der Waals surface area (Å²) in [5.74, 6) is 1.17. The van der Waals surface area contributed by atoms with E-state index < -0.39 is 0 Å². The quantitative estimate of drug-likeness (QED) is 0.166. The number of hydrogen-bond donors (Lipinski definition) is 0. The molecule has 1 heteroatoms. The van der Waals surface area contributed by atoms with Crippen LogP contribution in [0.4, 0.5) is 0 Å². The van der Waals surface area contributed by atoms with E-state index in [9.17, 15) is 0 Å². The Labute approximate surface area is 425 Å². The first-order chi connectivity index (χ1) is 35.6. The van der Waals surface area contributed by atoms with E-state index in [0.717, 1.165) is 6.42 Å². The fraction of sp³-hybridized carbons (Fsp3) is 0.239. The molecule has 6 unspecified atom stereocenters. The largest absolute Gasteiger partial charge is 0.309 e. The Morgan fingerprint density at radius 1 is 0.389 bits per heavy atom. The smallest absolute Gasteiger partial charge is 0.0541 e. The van der Waals surface area contributed by atoms with Crippen molar-refractivity contribution in [3.05, 3.63) is 246 Å². The predicted octanol–water partition coefficient (Wildman–Crippen LogP) is 18.6. The minimum absolute atomic E-state index is 0.120. The predicted molar refractivity (Wildman–Crippen MR) is 300 cm³/mol. The molecule has 350 valence electrons. The Morgan fingerprint density at radius 2 is 0.931 bits per heavy atom. The molecular weight excluding hydrogens is 867 g/mol. The van der Waals surface area contributed by atoms with Crippen LogP contribution >= 0.6 is 0 Å². The molecule has 0 amide bonds. The molecule has 10 aromatic rings. The molecule has 9 aromatic carbocycles. The molecule has 72 heavy (non-hydrogen) atoms. The van der Waals surface area contributed by atoms with Crippen LogP contribution in [0.15, 0.2) is 212 Å². The van der Waals surface area contributed by atoms with Crippen LogP contribution in [0, 0.1) is 12.8 Å². The van der Waals surface area contributed by atoms with Crippen molar-refractivity contribution < 1.29 is 0 Å². The Hall–Kier alpha value is -7.22. The molecular formula is C71H61N. The van der Waals surface area contributed by atoms with Gasteiger partial charge in [-0.15, -0.1) is 0 Å². The Morgan fingerprint density at radius 3 is 1.67 bits per heavy atom. The number of benzene rings is 9. The number of aryl methyl sites for hydroxylation is 1. The van der Waals surface area contributed by atoms with E-state index in [-0.39, 0.29) is 16.2 Å². The van der Waals surface area contributed by atoms with E-state index in [0.29, 0.717) is 17.8 Å². The SMILES string of the molecule is Cc1ccccc1-c1ccccc1C12CCCCC34CCC(CC5(CC(CC1)c1ccccc1-c1ccccc15)C23)c1ccccc1-c1cccc(-n2c3ccccc3c3cc(-c5ccccc5)ccc32)c14. The molecule has 5 aliphatic carbocycles. The summed E-state index contributed by atoms with van der Waals surface area (Å²) in [7, 11) is 0. The van der Waals surface area contributed by atoms with Crippen molar-refractivity contribution >= 4 is 21.8 Å². The summed E-state index contributed by atoms with van der Waals surface area (Å²) in [6.07, 6.45) is 11.9. The lowest BCUT2D eigenvalue weighted by Gasteiger charge is -2.59. The van der Waals surface area contributed by atoms with Crippen LogP contribution in [0.2, 0.25) is 0 Å². The average Bonchev–Trinajstić information content (AvgIpc) is 3.56. The molecule has 1 aromatic heterocycles. The molecule has 2 spiro atoms. The summed E-state index contributed by atoms with van der Waals surface area (Å²) >= 11 is 0. The van der Waals surface area contributed by atoms with E-state index in [1.54, 1.807) is 27.8 Å². The third-order valence-electron chi connectivity index (χ3n) is 19.6. The van der Waals surface area contributed by atoms with Gasteiger partial charge in [0.2, 0.25) is 0 Å². The zero-order valence-corrected chi connectivity index (χ0v) is 41.5. The molecule has 0 saturated heterocycles. The van der Waals surface area contributed by atoms with E-state index in [4.69, 9.17) is 0 Å². The molecule has 0 aliphatic heterocycles. The second-order valence-corrected chi connectivity index (χ2v) is 22.7. The number of hydrogen-bond acceptors (Lipinski definition) is 0. The third-order valence-corrected chi connectivity index (χ3v) is 19.6. The van der Waals surface area contributed by atoms with Crippen molar-refractivity contribution in [2.45, 2.75) is 99.2 Å². The molecule has 1 heterocycles. The highest BCUT2D eigenvalue weighted by Crippen LogP contribution is 2.74. The molecule has 15 rings (SSSR count). The van der Waals surface area contributed by atoms with Gasteiger partial charge in [-0.25, -0.2) is 0 Å². The summed E-state index contributed by atoms with van der Waals surface area (Å²) in [5.41, 5.74) is 24.1. The first kappa shape index (κ1) is 42.5. The number of nitrogens with zero attached hydrogens (tertiary/aromatic N) is 1. The van der Waals surface area contributed by atoms with E-state index in [1.807, 2.05) is 0 Å². The molecule has 4 bridgehead atoms. The second-order valence-electron chi connectivity index (χ2n) is 22.7. The summed E-state index contributed by atoms with van der Waals surface area (Å²) in [5, 5.41) is 2.64. The second kappa shape index (κ2) is 16.1. The van der Waals surface area contributed by atoms with Crippen LogP contribution in [0.5, 0.6) is 0 Å². The molecule has 3 fully saturated rings. The van der Waals surface area contributed by atoms with Gasteiger partial charge in [-0.1, -0.05) is 201 Å². The number of fused-ring (bicyclic) bond motifs is 14. The fourth-order valence-corrected chi connectivity index (χ4v) is 17.2. The maximum absolute atomic E-state index is 2.73. The van der Waals surface area contributed by atoms with Crippen LogP contribution in [0.25, 0.3) is 72.0 Å². The third kappa shape index (κ3) is 5.94. The minimum Gasteiger partial charge on any atom is -0.309 e. The first-order valence-electron chi connectivity index (χ1n) is 27.2. The molecule has 5 aliphatic rings. The van der Waals surface area contributed by atoms with E-state index in [1.165, 1.54) is 135 Å². The highest BCUT2D eigenvalue weighted by molar-refractivity contribution is 6.10. The van der Waals surface area contributed by atoms with Gasteiger partial charge in [0.15, 0.2) is 0 Å². The zero-order valence-electron chi connectivity index (χ0n) is 41.5. The number of aromatic nitrogens is 1. The van der Waals surface area contributed by atoms with E-state index >= 15 is 0 Å². The van der Waals surface area contributed by atoms with Crippen molar-refractivity contribution in [1.82, 2.24) is 4.57 Å². The van der Waals surface area contributed by atoms with Gasteiger partial charge in [-0.05, 0) is 178 Å². The van der Waals surface area contributed by atoms with Gasteiger partial charge in [-0.3, -0.25) is 0 Å². The summed E-state index contributed by atoms with van der Waals surface area (Å²) in [4.78, 5) is 0. The molecule has 0 radical (unpaired) electrons. The molecule has 3 saturated carbocycles. The lowest BCUT2D eigenvalue weighted by Crippen LogP contribution is -2.56. The topological polar surface area (TPSA) is 4.93 Å². The van der Waals surface area contributed by atoms with Gasteiger partial charge in [0, 0.05) is 27.0 Å². The number of para-hydroxylation sites is 1. The van der Waals surface area contributed by atoms with Gasteiger partial charge in [0.1, 0.15) is 0 Å². The van der Waals surface area contributed by atoms with Gasteiger partial charge in [0.05, 0.1) is 16.7 Å². The van der Waals surface area contributed by atoms with Crippen LogP contribution in [-0.4, -0.2) is 4.57 Å². The maximum Gasteiger partial charge on any atom is 0.0541 e. The van der Waals surface area contributed by atoms with Crippen LogP contribution in [0.1, 0.15) is 109 Å². The molecule has 1 nitrogen and oxygen atoms in total. The first-order valence-corrected chi connectivity index (χ1v) is 27.2. The highest BCUT2D eigenvalue weighted by Gasteiger charge is 2.67. The molecule has 6 atom stereocenters. The summed E-state index contributed by atoms with van der Waals surface area (Å²) < 4.78 is 2.73. The normalized spacial score (nSPS) is 24.8. The highest BCUT2D eigenvalue weighted by atomic mass is 15.0. The standard InChI is InChI=1S/C71H61N/c1-47-20-5-6-23-52(47)57-28-11-14-32-62(57)69-40-17-18-41-70-43-39-51(46-71(68(69)70)45-50(38-42-69)53-24-7-9-26-55(53)58-29-12-15-33-63(58)71)54-25-8-10-27-56(54)60-31-19-35-66(67(60)70)72-64-34-16-13-30-59(64)61-44-49(36-37-65(61)72)48-21-3-2-4-22-48/h2-16,19-37,44,50-51,68H,17-18,38-43,45-46H2,1H3. The van der Waals surface area contributed by atoms with Gasteiger partial charge in [0.25, 0.3) is 0 Å². The van der Waals surface area contributed by atoms with Crippen LogP contribution in [-0.2, 0) is 16.2 Å². The Bertz CT molecular complexity index is 3780. The summed E-state index contributed by atoms with van der Waals surface area (Å²) in [6, 6.07) is 83.6. The number of rotatable bonds is 4. The van der Waals surface area contributed by atoms with Crippen LogP contribution < -0.4 is 0 Å². The van der Waals surface area contributed by atoms with Crippen molar-refractivity contribution in [2.75, 3.05) is 0 Å². The Balaban J connectivity index is 1.12. The van der Waals surface area contributed by atoms with Crippen molar-refractivity contribution in [2.24, 2.45) is 5.92 Å². The summed E-state index contributed by atoms with van der Waals surface area (Å²) in [6.45, 7) is 2.34.